The molecule has 0 N–H and O–H groups in total. The highest BCUT2D eigenvalue weighted by molar-refractivity contribution is 8.01. The second-order valence-corrected chi connectivity index (χ2v) is 9.84. The number of anilines is 2. The molecule has 5 rings (SSSR count). The van der Waals surface area contributed by atoms with Crippen molar-refractivity contribution in [2.75, 3.05) is 9.80 Å². The Morgan fingerprint density at radius 1 is 0.606 bits per heavy atom. The first-order chi connectivity index (χ1) is 16.0. The number of hydrogen-bond acceptors (Lipinski definition) is 9. The molecule has 0 fully saturated rings. The molecule has 0 atom stereocenters. The van der Waals surface area contributed by atoms with E-state index in [-0.39, 0.29) is 23.6 Å². The number of benzene rings is 2. The predicted octanol–water partition coefficient (Wildman–Crippen LogP) is 3.70. The van der Waals surface area contributed by atoms with Gasteiger partial charge in [-0.2, -0.15) is 4.37 Å². The lowest BCUT2D eigenvalue weighted by atomic mass is 10.3. The first-order valence-corrected chi connectivity index (χ1v) is 11.9. The maximum Gasteiger partial charge on any atom is 0.258 e. The Hall–Kier alpha value is -3.54. The second kappa shape index (κ2) is 8.77. The summed E-state index contributed by atoms with van der Waals surface area (Å²) in [6.07, 6.45) is 5.00. The second-order valence-electron chi connectivity index (χ2n) is 6.73. The average Bonchev–Trinajstić information content (AvgIpc) is 3.49. The van der Waals surface area contributed by atoms with Crippen LogP contribution in [0.2, 0.25) is 0 Å². The van der Waals surface area contributed by atoms with E-state index in [0.717, 1.165) is 23.9 Å². The molecule has 8 nitrogen and oxygen atoms in total. The molecule has 0 saturated heterocycles. The van der Waals surface area contributed by atoms with Crippen molar-refractivity contribution in [3.05, 3.63) is 72.8 Å². The van der Waals surface area contributed by atoms with E-state index in [1.165, 1.54) is 59.4 Å². The third-order valence-corrected chi connectivity index (χ3v) is 7.36. The Morgan fingerprint density at radius 3 is 1.48 bits per heavy atom. The van der Waals surface area contributed by atoms with E-state index in [9.17, 15) is 19.2 Å². The number of aromatic nitrogens is 2. The minimum atomic E-state index is -0.355. The topological polar surface area (TPSA) is 101 Å². The molecule has 11 heteroatoms. The van der Waals surface area contributed by atoms with Crippen molar-refractivity contribution in [3.63, 3.8) is 0 Å². The zero-order chi connectivity index (χ0) is 22.9. The van der Waals surface area contributed by atoms with Crippen molar-refractivity contribution >= 4 is 70.1 Å². The van der Waals surface area contributed by atoms with Crippen molar-refractivity contribution in [1.82, 2.24) is 9.36 Å². The van der Waals surface area contributed by atoms with Gasteiger partial charge in [-0.25, -0.2) is 14.8 Å². The minimum absolute atomic E-state index is 0.352. The molecule has 162 valence electrons. The monoisotopic (exact) mass is 492 g/mol. The summed E-state index contributed by atoms with van der Waals surface area (Å²) in [5.74, 6) is -1.41. The number of nitrogens with zero attached hydrogens (tertiary/aromatic N) is 4. The zero-order valence-electron chi connectivity index (χ0n) is 16.6. The summed E-state index contributed by atoms with van der Waals surface area (Å²) in [7, 11) is 0. The van der Waals surface area contributed by atoms with Gasteiger partial charge in [-0.3, -0.25) is 19.2 Å². The molecule has 2 aliphatic rings. The van der Waals surface area contributed by atoms with Crippen molar-refractivity contribution in [2.45, 2.75) is 19.3 Å². The van der Waals surface area contributed by atoms with Crippen LogP contribution in [0.3, 0.4) is 0 Å². The molecule has 2 aliphatic heterocycles. The van der Waals surface area contributed by atoms with E-state index in [2.05, 4.69) is 9.36 Å². The number of imide groups is 2. The summed E-state index contributed by atoms with van der Waals surface area (Å²) in [5.41, 5.74) is 1.03. The van der Waals surface area contributed by atoms with Crippen LogP contribution in [0, 0.1) is 0 Å². The number of rotatable bonds is 6. The highest BCUT2D eigenvalue weighted by atomic mass is 32.2. The summed E-state index contributed by atoms with van der Waals surface area (Å²) in [4.78, 5) is 55.7. The zero-order valence-corrected chi connectivity index (χ0v) is 19.0. The quantitative estimate of drug-likeness (QED) is 0.480. The molecule has 33 heavy (non-hydrogen) atoms. The van der Waals surface area contributed by atoms with Gasteiger partial charge < -0.3 is 0 Å². The van der Waals surface area contributed by atoms with Crippen LogP contribution >= 0.6 is 35.1 Å². The molecular weight excluding hydrogens is 480 g/mol. The molecule has 0 radical (unpaired) electrons. The number of hydrogen-bond donors (Lipinski definition) is 0. The van der Waals surface area contributed by atoms with Gasteiger partial charge >= 0.3 is 0 Å². The third kappa shape index (κ3) is 4.38. The van der Waals surface area contributed by atoms with Crippen molar-refractivity contribution in [1.29, 1.82) is 0 Å². The Balaban J connectivity index is 1.22. The fourth-order valence-corrected chi connectivity index (χ4v) is 5.60. The Labute approximate surface area is 200 Å². The Bertz CT molecular complexity index is 1210. The maximum absolute atomic E-state index is 11.8. The lowest BCUT2D eigenvalue weighted by molar-refractivity contribution is -0.121. The van der Waals surface area contributed by atoms with Gasteiger partial charge in [0.05, 0.1) is 11.4 Å². The van der Waals surface area contributed by atoms with Crippen LogP contribution in [0.25, 0.3) is 0 Å². The number of carbonyl (C=O) groups is 4. The standard InChI is InChI=1S/C22H12N4O4S3/c27-17-9-10-18(28)25(17)13-1-5-15(6-2-13)31-21-23-22(33-24-21)32-16-7-3-14(4-8-16)26-19(29)11-12-20(26)30/h1-12H. The summed E-state index contributed by atoms with van der Waals surface area (Å²) >= 11 is 4.07. The largest absolute Gasteiger partial charge is 0.269 e. The summed E-state index contributed by atoms with van der Waals surface area (Å²) < 4.78 is 5.12. The van der Waals surface area contributed by atoms with E-state index < -0.39 is 0 Å². The predicted molar refractivity (Wildman–Crippen MR) is 124 cm³/mol. The van der Waals surface area contributed by atoms with E-state index in [1.807, 2.05) is 12.1 Å². The summed E-state index contributed by atoms with van der Waals surface area (Å²) in [6.45, 7) is 0. The van der Waals surface area contributed by atoms with Gasteiger partial charge in [0.15, 0.2) is 4.34 Å². The van der Waals surface area contributed by atoms with Crippen molar-refractivity contribution < 1.29 is 19.2 Å². The normalized spacial score (nSPS) is 15.4. The molecule has 0 unspecified atom stereocenters. The van der Waals surface area contributed by atoms with Gasteiger partial charge in [-0.05, 0) is 71.8 Å². The average molecular weight is 493 g/mol. The molecule has 1 aromatic heterocycles. The first kappa shape index (κ1) is 21.3. The molecule has 0 spiro atoms. The first-order valence-electron chi connectivity index (χ1n) is 9.50. The lowest BCUT2D eigenvalue weighted by Gasteiger charge is -2.13. The Morgan fingerprint density at radius 2 is 1.03 bits per heavy atom. The van der Waals surface area contributed by atoms with Gasteiger partial charge in [0.1, 0.15) is 0 Å². The number of amides is 4. The maximum atomic E-state index is 11.8. The molecule has 0 aliphatic carbocycles. The highest BCUT2D eigenvalue weighted by Gasteiger charge is 2.26. The molecule has 3 heterocycles. The SMILES string of the molecule is O=C1C=CC(=O)N1c1ccc(Sc2nsc(Sc3ccc(N4C(=O)C=CC4=O)cc3)n2)cc1. The smallest absolute Gasteiger partial charge is 0.258 e. The molecule has 4 amide bonds. The van der Waals surface area contributed by atoms with Gasteiger partial charge in [0.25, 0.3) is 23.6 Å². The van der Waals surface area contributed by atoms with Crippen LogP contribution in [0.1, 0.15) is 0 Å². The van der Waals surface area contributed by atoms with Crippen molar-refractivity contribution in [3.8, 4) is 0 Å². The summed E-state index contributed by atoms with van der Waals surface area (Å²) in [6, 6.07) is 14.1. The molecule has 0 bridgehead atoms. The molecular formula is C22H12N4O4S3. The van der Waals surface area contributed by atoms with Gasteiger partial charge in [0.2, 0.25) is 5.16 Å². The fraction of sp³-hybridized carbons (Fsp3) is 0. The van der Waals surface area contributed by atoms with E-state index in [0.29, 0.717) is 16.5 Å². The van der Waals surface area contributed by atoms with Crippen LogP contribution in [0.4, 0.5) is 11.4 Å². The van der Waals surface area contributed by atoms with Gasteiger partial charge in [-0.15, -0.1) is 0 Å². The third-order valence-electron chi connectivity index (χ3n) is 4.61. The van der Waals surface area contributed by atoms with E-state index in [1.54, 1.807) is 36.4 Å². The van der Waals surface area contributed by atoms with E-state index in [4.69, 9.17) is 0 Å². The molecule has 0 saturated carbocycles. The molecule has 2 aromatic carbocycles. The number of carbonyl (C=O) groups excluding carboxylic acids is 4. The fourth-order valence-electron chi connectivity index (χ4n) is 3.12. The highest BCUT2D eigenvalue weighted by Crippen LogP contribution is 2.35. The lowest BCUT2D eigenvalue weighted by Crippen LogP contribution is -2.29. The van der Waals surface area contributed by atoms with Gasteiger partial charge in [0, 0.05) is 34.1 Å². The van der Waals surface area contributed by atoms with E-state index >= 15 is 0 Å². The van der Waals surface area contributed by atoms with Crippen molar-refractivity contribution in [2.24, 2.45) is 0 Å². The minimum Gasteiger partial charge on any atom is -0.269 e. The summed E-state index contributed by atoms with van der Waals surface area (Å²) in [5, 5.41) is 0.584. The van der Waals surface area contributed by atoms with Crippen LogP contribution < -0.4 is 9.80 Å². The molecule has 3 aromatic rings. The van der Waals surface area contributed by atoms with Crippen LogP contribution in [-0.2, 0) is 19.2 Å². The van der Waals surface area contributed by atoms with Gasteiger partial charge in [-0.1, -0.05) is 11.8 Å². The van der Waals surface area contributed by atoms with Crippen LogP contribution in [0.15, 0.2) is 92.1 Å². The van der Waals surface area contributed by atoms with Crippen LogP contribution in [0.5, 0.6) is 0 Å². The Kier molecular flexibility index (Phi) is 5.67. The van der Waals surface area contributed by atoms with Crippen LogP contribution in [-0.4, -0.2) is 33.0 Å².